The Morgan fingerprint density at radius 1 is 0.900 bits per heavy atom. The Morgan fingerprint density at radius 3 is 2.23 bits per heavy atom. The fourth-order valence-electron chi connectivity index (χ4n) is 3.79. The molecule has 30 heavy (non-hydrogen) atoms. The van der Waals surface area contributed by atoms with Gasteiger partial charge in [-0.15, -0.1) is 10.2 Å². The largest absolute Gasteiger partial charge is 0.301 e. The maximum atomic E-state index is 12.5. The molecular formula is C23H22N4O2S. The van der Waals surface area contributed by atoms with Crippen LogP contribution in [0.2, 0.25) is 0 Å². The lowest BCUT2D eigenvalue weighted by atomic mass is 10.1. The smallest absolute Gasteiger partial charge is 0.261 e. The zero-order valence-electron chi connectivity index (χ0n) is 16.5. The number of carbonyl (C=O) groups is 2. The van der Waals surface area contributed by atoms with Crippen molar-refractivity contribution in [2.24, 2.45) is 0 Å². The van der Waals surface area contributed by atoms with Crippen molar-refractivity contribution in [3.63, 3.8) is 0 Å². The number of nitrogens with zero attached hydrogens (tertiary/aromatic N) is 4. The molecule has 0 spiro atoms. The van der Waals surface area contributed by atoms with Gasteiger partial charge in [0.15, 0.2) is 5.16 Å². The van der Waals surface area contributed by atoms with Gasteiger partial charge in [-0.25, -0.2) is 0 Å². The van der Waals surface area contributed by atoms with Gasteiger partial charge in [0.05, 0.1) is 17.7 Å². The summed E-state index contributed by atoms with van der Waals surface area (Å²) in [5.74, 6) is 1.98. The number of hydrogen-bond acceptors (Lipinski definition) is 5. The molecule has 6 nitrogen and oxygen atoms in total. The van der Waals surface area contributed by atoms with Crippen LogP contribution >= 0.6 is 11.8 Å². The van der Waals surface area contributed by atoms with Crippen LogP contribution in [0.5, 0.6) is 0 Å². The Morgan fingerprint density at radius 2 is 1.57 bits per heavy atom. The summed E-state index contributed by atoms with van der Waals surface area (Å²) in [5, 5.41) is 9.79. The second kappa shape index (κ2) is 8.07. The molecule has 0 atom stereocenters. The van der Waals surface area contributed by atoms with Crippen LogP contribution in [-0.4, -0.2) is 43.8 Å². The highest BCUT2D eigenvalue weighted by molar-refractivity contribution is 7.99. The van der Waals surface area contributed by atoms with E-state index in [1.54, 1.807) is 36.0 Å². The molecule has 0 bridgehead atoms. The highest BCUT2D eigenvalue weighted by atomic mass is 32.2. The van der Waals surface area contributed by atoms with Gasteiger partial charge >= 0.3 is 0 Å². The monoisotopic (exact) mass is 418 g/mol. The first kappa shape index (κ1) is 19.1. The molecule has 1 fully saturated rings. The third-order valence-corrected chi connectivity index (χ3v) is 6.56. The van der Waals surface area contributed by atoms with E-state index in [-0.39, 0.29) is 11.8 Å². The van der Waals surface area contributed by atoms with Crippen molar-refractivity contribution >= 4 is 23.6 Å². The molecule has 0 saturated heterocycles. The number of aromatic nitrogens is 3. The number of rotatable bonds is 8. The summed E-state index contributed by atoms with van der Waals surface area (Å²) in [6, 6.07) is 17.4. The molecule has 0 unspecified atom stereocenters. The maximum absolute atomic E-state index is 12.5. The zero-order valence-corrected chi connectivity index (χ0v) is 17.3. The second-order valence-electron chi connectivity index (χ2n) is 7.70. The molecule has 3 aromatic rings. The first-order chi connectivity index (χ1) is 14.7. The highest BCUT2D eigenvalue weighted by Gasteiger charge is 2.34. The number of imide groups is 1. The number of benzene rings is 2. The second-order valence-corrected chi connectivity index (χ2v) is 8.76. The number of amides is 2. The van der Waals surface area contributed by atoms with Gasteiger partial charge < -0.3 is 4.57 Å². The van der Waals surface area contributed by atoms with E-state index in [1.165, 1.54) is 23.3 Å². The lowest BCUT2D eigenvalue weighted by molar-refractivity contribution is 0.0655. The summed E-state index contributed by atoms with van der Waals surface area (Å²) in [5.41, 5.74) is 2.24. The zero-order chi connectivity index (χ0) is 20.5. The molecule has 2 amide bonds. The maximum Gasteiger partial charge on any atom is 0.261 e. The molecule has 5 rings (SSSR count). The van der Waals surface area contributed by atoms with E-state index in [1.807, 2.05) is 18.2 Å². The van der Waals surface area contributed by atoms with Gasteiger partial charge in [0.2, 0.25) is 0 Å². The number of thioether (sulfide) groups is 1. The van der Waals surface area contributed by atoms with Crippen LogP contribution in [0, 0.1) is 0 Å². The van der Waals surface area contributed by atoms with Crippen molar-refractivity contribution < 1.29 is 9.59 Å². The predicted molar refractivity (Wildman–Crippen MR) is 115 cm³/mol. The summed E-state index contributed by atoms with van der Waals surface area (Å²) in [7, 11) is 0. The van der Waals surface area contributed by atoms with Crippen molar-refractivity contribution in [3.05, 3.63) is 77.1 Å². The summed E-state index contributed by atoms with van der Waals surface area (Å²) < 4.78 is 2.22. The van der Waals surface area contributed by atoms with E-state index in [0.717, 1.165) is 23.3 Å². The lowest BCUT2D eigenvalue weighted by Gasteiger charge is -2.13. The Hall–Kier alpha value is -2.93. The van der Waals surface area contributed by atoms with Gasteiger partial charge in [-0.1, -0.05) is 54.2 Å². The number of fused-ring (bicyclic) bond motifs is 1. The van der Waals surface area contributed by atoms with Gasteiger partial charge in [-0.2, -0.15) is 0 Å². The summed E-state index contributed by atoms with van der Waals surface area (Å²) in [6.07, 6.45) is 3.07. The first-order valence-corrected chi connectivity index (χ1v) is 11.3. The molecule has 2 aliphatic rings. The van der Waals surface area contributed by atoms with Crippen LogP contribution in [0.3, 0.4) is 0 Å². The summed E-state index contributed by atoms with van der Waals surface area (Å²) >= 11 is 1.64. The third-order valence-electron chi connectivity index (χ3n) is 5.51. The highest BCUT2D eigenvalue weighted by Crippen LogP contribution is 2.40. The fourth-order valence-corrected chi connectivity index (χ4v) is 4.66. The molecule has 2 heterocycles. The minimum Gasteiger partial charge on any atom is -0.301 e. The molecule has 1 aromatic heterocycles. The molecule has 2 aromatic carbocycles. The minimum absolute atomic E-state index is 0.191. The molecule has 1 saturated carbocycles. The van der Waals surface area contributed by atoms with Crippen LogP contribution < -0.4 is 0 Å². The normalized spacial score (nSPS) is 15.7. The number of carbonyl (C=O) groups excluding carboxylic acids is 2. The molecule has 0 N–H and O–H groups in total. The SMILES string of the molecule is O=C1c2ccccc2C(=O)N1CCCSc1nnc(C2CC2)n1Cc1ccccc1. The third kappa shape index (κ3) is 3.65. The van der Waals surface area contributed by atoms with Crippen LogP contribution in [0.25, 0.3) is 0 Å². The Labute approximate surface area is 179 Å². The van der Waals surface area contributed by atoms with Crippen molar-refractivity contribution in [2.45, 2.75) is 36.9 Å². The Kier molecular flexibility index (Phi) is 5.12. The molecule has 1 aliphatic heterocycles. The van der Waals surface area contributed by atoms with Gasteiger partial charge in [0.25, 0.3) is 11.8 Å². The average Bonchev–Trinajstić information content (AvgIpc) is 3.50. The molecular weight excluding hydrogens is 396 g/mol. The van der Waals surface area contributed by atoms with Crippen LogP contribution in [0.15, 0.2) is 59.8 Å². The first-order valence-electron chi connectivity index (χ1n) is 10.3. The molecule has 152 valence electrons. The van der Waals surface area contributed by atoms with Crippen molar-refractivity contribution in [1.82, 2.24) is 19.7 Å². The van der Waals surface area contributed by atoms with E-state index < -0.39 is 0 Å². The molecule has 1 aliphatic carbocycles. The number of hydrogen-bond donors (Lipinski definition) is 0. The fraction of sp³-hybridized carbons (Fsp3) is 0.304. The van der Waals surface area contributed by atoms with Crippen molar-refractivity contribution in [2.75, 3.05) is 12.3 Å². The van der Waals surface area contributed by atoms with Gasteiger partial charge in [-0.3, -0.25) is 14.5 Å². The van der Waals surface area contributed by atoms with Gasteiger partial charge in [0, 0.05) is 18.2 Å². The average molecular weight is 419 g/mol. The topological polar surface area (TPSA) is 68.1 Å². The van der Waals surface area contributed by atoms with Gasteiger partial charge in [-0.05, 0) is 37.0 Å². The van der Waals surface area contributed by atoms with E-state index in [0.29, 0.717) is 30.0 Å². The van der Waals surface area contributed by atoms with Crippen LogP contribution in [-0.2, 0) is 6.54 Å². The quantitative estimate of drug-likeness (QED) is 0.314. The predicted octanol–water partition coefficient (Wildman–Crippen LogP) is 3.98. The van der Waals surface area contributed by atoms with E-state index in [9.17, 15) is 9.59 Å². The molecule has 7 heteroatoms. The van der Waals surface area contributed by atoms with Crippen LogP contribution in [0.4, 0.5) is 0 Å². The minimum atomic E-state index is -0.191. The van der Waals surface area contributed by atoms with Crippen molar-refractivity contribution in [1.29, 1.82) is 0 Å². The summed E-state index contributed by atoms with van der Waals surface area (Å²) in [4.78, 5) is 26.3. The Balaban J connectivity index is 1.22. The summed E-state index contributed by atoms with van der Waals surface area (Å²) in [6.45, 7) is 1.18. The van der Waals surface area contributed by atoms with Crippen LogP contribution in [0.1, 0.15) is 57.3 Å². The van der Waals surface area contributed by atoms with E-state index in [2.05, 4.69) is 26.9 Å². The van der Waals surface area contributed by atoms with Gasteiger partial charge in [0.1, 0.15) is 5.82 Å². The van der Waals surface area contributed by atoms with Crippen molar-refractivity contribution in [3.8, 4) is 0 Å². The van der Waals surface area contributed by atoms with E-state index in [4.69, 9.17) is 0 Å². The Bertz CT molecular complexity index is 1060. The molecule has 0 radical (unpaired) electrons. The lowest BCUT2D eigenvalue weighted by Crippen LogP contribution is -2.31. The van der Waals surface area contributed by atoms with E-state index >= 15 is 0 Å². The standard InChI is InChI=1S/C23H22N4O2S/c28-21-18-9-4-5-10-19(18)22(29)26(21)13-6-14-30-23-25-24-20(17-11-12-17)27(23)15-16-7-2-1-3-8-16/h1-5,7-10,17H,6,11-15H2.